The van der Waals surface area contributed by atoms with E-state index in [9.17, 15) is 12.8 Å². The third-order valence-electron chi connectivity index (χ3n) is 4.41. The maximum Gasteiger partial charge on any atom is 0.261 e. The lowest BCUT2D eigenvalue weighted by atomic mass is 10.0. The number of hydrogen-bond donors (Lipinski definition) is 1. The predicted molar refractivity (Wildman–Crippen MR) is 101 cm³/mol. The second-order valence-electron chi connectivity index (χ2n) is 6.59. The van der Waals surface area contributed by atoms with Gasteiger partial charge < -0.3 is 9.64 Å². The summed E-state index contributed by atoms with van der Waals surface area (Å²) in [6, 6.07) is 10.9. The van der Waals surface area contributed by atoms with Crippen molar-refractivity contribution in [2.24, 2.45) is 0 Å². The van der Waals surface area contributed by atoms with Crippen molar-refractivity contribution in [2.45, 2.75) is 24.7 Å². The average molecular weight is 378 g/mol. The van der Waals surface area contributed by atoms with Gasteiger partial charge in [0.15, 0.2) is 0 Å². The molecule has 1 aliphatic rings. The number of hydrogen-bond acceptors (Lipinski definition) is 4. The van der Waals surface area contributed by atoms with Crippen molar-refractivity contribution in [3.8, 4) is 0 Å². The summed E-state index contributed by atoms with van der Waals surface area (Å²) in [7, 11) is -3.81. The number of nitrogens with zero attached hydrogens (tertiary/aromatic N) is 1. The van der Waals surface area contributed by atoms with Crippen LogP contribution in [0.5, 0.6) is 0 Å². The molecule has 2 aromatic rings. The monoisotopic (exact) mass is 378 g/mol. The van der Waals surface area contributed by atoms with Crippen LogP contribution < -0.4 is 9.62 Å². The van der Waals surface area contributed by atoms with Crippen molar-refractivity contribution < 1.29 is 17.5 Å². The Kier molecular flexibility index (Phi) is 5.48. The van der Waals surface area contributed by atoms with E-state index < -0.39 is 15.8 Å². The Bertz CT molecular complexity index is 861. The SMILES string of the molecule is CC(C)c1ccc(S(=O)(=O)Nc2cc(F)ccc2N2CCOCC2)cc1. The van der Waals surface area contributed by atoms with E-state index in [0.29, 0.717) is 37.9 Å². The summed E-state index contributed by atoms with van der Waals surface area (Å²) in [6.07, 6.45) is 0. The van der Waals surface area contributed by atoms with E-state index in [1.54, 1.807) is 30.3 Å². The molecule has 0 aromatic heterocycles. The van der Waals surface area contributed by atoms with Gasteiger partial charge >= 0.3 is 0 Å². The van der Waals surface area contributed by atoms with Gasteiger partial charge in [0.1, 0.15) is 5.82 Å². The van der Waals surface area contributed by atoms with Crippen LogP contribution in [0.1, 0.15) is 25.3 Å². The van der Waals surface area contributed by atoms with Gasteiger partial charge in [-0.2, -0.15) is 0 Å². The van der Waals surface area contributed by atoms with Crippen molar-refractivity contribution in [2.75, 3.05) is 35.9 Å². The molecule has 26 heavy (non-hydrogen) atoms. The van der Waals surface area contributed by atoms with E-state index in [4.69, 9.17) is 4.74 Å². The molecule has 0 aliphatic carbocycles. The molecule has 1 aliphatic heterocycles. The highest BCUT2D eigenvalue weighted by atomic mass is 32.2. The van der Waals surface area contributed by atoms with Crippen LogP contribution in [0.4, 0.5) is 15.8 Å². The zero-order chi connectivity index (χ0) is 18.7. The maximum atomic E-state index is 13.8. The molecule has 0 spiro atoms. The number of nitrogens with one attached hydrogen (secondary N) is 1. The third kappa shape index (κ3) is 4.16. The first-order valence-electron chi connectivity index (χ1n) is 8.62. The Morgan fingerprint density at radius 2 is 1.73 bits per heavy atom. The van der Waals surface area contributed by atoms with E-state index in [1.807, 2.05) is 18.7 Å². The highest BCUT2D eigenvalue weighted by molar-refractivity contribution is 7.92. The zero-order valence-corrected chi connectivity index (χ0v) is 15.7. The number of benzene rings is 2. The van der Waals surface area contributed by atoms with Crippen LogP contribution >= 0.6 is 0 Å². The molecule has 140 valence electrons. The number of ether oxygens (including phenoxy) is 1. The lowest BCUT2D eigenvalue weighted by molar-refractivity contribution is 0.123. The average Bonchev–Trinajstić information content (AvgIpc) is 2.62. The largest absolute Gasteiger partial charge is 0.378 e. The van der Waals surface area contributed by atoms with E-state index in [2.05, 4.69) is 4.72 Å². The normalized spacial score (nSPS) is 15.3. The molecular weight excluding hydrogens is 355 g/mol. The lowest BCUT2D eigenvalue weighted by Gasteiger charge is -2.30. The van der Waals surface area contributed by atoms with Crippen LogP contribution in [0.2, 0.25) is 0 Å². The van der Waals surface area contributed by atoms with E-state index in [-0.39, 0.29) is 10.6 Å². The number of morpholine rings is 1. The van der Waals surface area contributed by atoms with Gasteiger partial charge in [-0.3, -0.25) is 4.72 Å². The molecule has 1 N–H and O–H groups in total. The topological polar surface area (TPSA) is 58.6 Å². The van der Waals surface area contributed by atoms with Crippen LogP contribution in [-0.2, 0) is 14.8 Å². The lowest BCUT2D eigenvalue weighted by Crippen LogP contribution is -2.36. The molecule has 0 radical (unpaired) electrons. The molecule has 0 atom stereocenters. The van der Waals surface area contributed by atoms with Gasteiger partial charge in [0.2, 0.25) is 0 Å². The first-order valence-corrected chi connectivity index (χ1v) is 10.1. The van der Waals surface area contributed by atoms with Gasteiger partial charge in [-0.25, -0.2) is 12.8 Å². The molecular formula is C19H23FN2O3S. The number of sulfonamides is 1. The van der Waals surface area contributed by atoms with Gasteiger partial charge in [-0.1, -0.05) is 26.0 Å². The summed E-state index contributed by atoms with van der Waals surface area (Å²) in [5.74, 6) is -0.175. The molecule has 3 rings (SSSR count). The number of rotatable bonds is 5. The minimum Gasteiger partial charge on any atom is -0.378 e. The minimum atomic E-state index is -3.81. The third-order valence-corrected chi connectivity index (χ3v) is 5.79. The maximum absolute atomic E-state index is 13.8. The van der Waals surface area contributed by atoms with Crippen LogP contribution in [0.25, 0.3) is 0 Å². The molecule has 5 nitrogen and oxygen atoms in total. The Balaban J connectivity index is 1.90. The van der Waals surface area contributed by atoms with Crippen molar-refractivity contribution >= 4 is 21.4 Å². The summed E-state index contributed by atoms with van der Waals surface area (Å²) in [5.41, 5.74) is 1.95. The van der Waals surface area contributed by atoms with Gasteiger partial charge in [-0.05, 0) is 35.7 Å². The first kappa shape index (κ1) is 18.7. The fourth-order valence-corrected chi connectivity index (χ4v) is 3.97. The zero-order valence-electron chi connectivity index (χ0n) is 14.9. The fourth-order valence-electron chi connectivity index (χ4n) is 2.91. The predicted octanol–water partition coefficient (Wildman–Crippen LogP) is 3.59. The molecule has 0 saturated carbocycles. The first-order chi connectivity index (χ1) is 12.4. The molecule has 0 unspecified atom stereocenters. The summed E-state index contributed by atoms with van der Waals surface area (Å²) in [6.45, 7) is 6.46. The van der Waals surface area contributed by atoms with Crippen LogP contribution in [-0.4, -0.2) is 34.7 Å². The molecule has 1 heterocycles. The van der Waals surface area contributed by atoms with Gasteiger partial charge in [-0.15, -0.1) is 0 Å². The Morgan fingerprint density at radius 3 is 2.35 bits per heavy atom. The highest BCUT2D eigenvalue weighted by Gasteiger charge is 2.20. The molecule has 1 fully saturated rings. The van der Waals surface area contributed by atoms with Crippen molar-refractivity contribution in [3.63, 3.8) is 0 Å². The fraction of sp³-hybridized carbons (Fsp3) is 0.368. The molecule has 7 heteroatoms. The van der Waals surface area contributed by atoms with Crippen molar-refractivity contribution in [1.82, 2.24) is 0 Å². The van der Waals surface area contributed by atoms with Crippen LogP contribution in [0.3, 0.4) is 0 Å². The van der Waals surface area contributed by atoms with E-state index >= 15 is 0 Å². The highest BCUT2D eigenvalue weighted by Crippen LogP contribution is 2.30. The molecule has 1 saturated heterocycles. The standard InChI is InChI=1S/C19H23FN2O3S/c1-14(2)15-3-6-17(7-4-15)26(23,24)21-18-13-16(20)5-8-19(18)22-9-11-25-12-10-22/h3-8,13-14,21H,9-12H2,1-2H3. The summed E-state index contributed by atoms with van der Waals surface area (Å²) < 4.78 is 47.1. The summed E-state index contributed by atoms with van der Waals surface area (Å²) in [5, 5.41) is 0. The van der Waals surface area contributed by atoms with Gasteiger partial charge in [0.25, 0.3) is 10.0 Å². The molecule has 0 amide bonds. The number of anilines is 2. The summed E-state index contributed by atoms with van der Waals surface area (Å²) >= 11 is 0. The smallest absolute Gasteiger partial charge is 0.261 e. The Morgan fingerprint density at radius 1 is 1.08 bits per heavy atom. The second-order valence-corrected chi connectivity index (χ2v) is 8.27. The van der Waals surface area contributed by atoms with Crippen LogP contribution in [0.15, 0.2) is 47.4 Å². The second kappa shape index (κ2) is 7.63. The molecule has 2 aromatic carbocycles. The van der Waals surface area contributed by atoms with E-state index in [0.717, 1.165) is 5.56 Å². The minimum absolute atomic E-state index is 0.152. The Labute approximate surface area is 153 Å². The quantitative estimate of drug-likeness (QED) is 0.864. The van der Waals surface area contributed by atoms with Gasteiger partial charge in [0.05, 0.1) is 29.5 Å². The summed E-state index contributed by atoms with van der Waals surface area (Å²) in [4.78, 5) is 2.14. The molecule has 0 bridgehead atoms. The Hall–Kier alpha value is -2.12. The number of halogens is 1. The van der Waals surface area contributed by atoms with Crippen molar-refractivity contribution in [3.05, 3.63) is 53.8 Å². The van der Waals surface area contributed by atoms with Crippen LogP contribution in [0, 0.1) is 5.82 Å². The van der Waals surface area contributed by atoms with Crippen molar-refractivity contribution in [1.29, 1.82) is 0 Å². The van der Waals surface area contributed by atoms with E-state index in [1.165, 1.54) is 12.1 Å². The van der Waals surface area contributed by atoms with Gasteiger partial charge in [0, 0.05) is 19.2 Å².